The van der Waals surface area contributed by atoms with Gasteiger partial charge in [0, 0.05) is 35.2 Å². The van der Waals surface area contributed by atoms with Gasteiger partial charge in [-0.15, -0.1) is 11.8 Å². The number of benzene rings is 1. The monoisotopic (exact) mass is 383 g/mol. The summed E-state index contributed by atoms with van der Waals surface area (Å²) in [4.78, 5) is 23.1. The minimum absolute atomic E-state index is 0.0957. The molecule has 6 nitrogen and oxygen atoms in total. The van der Waals surface area contributed by atoms with Crippen LogP contribution >= 0.6 is 23.7 Å². The highest BCUT2D eigenvalue weighted by Gasteiger charge is 2.14. The number of hydrogen-bond donors (Lipinski definition) is 2. The summed E-state index contributed by atoms with van der Waals surface area (Å²) in [5.41, 5.74) is 0.0957. The molecule has 2 rings (SSSR count). The summed E-state index contributed by atoms with van der Waals surface area (Å²) < 4.78 is 3.19. The third kappa shape index (κ3) is 8.11. The van der Waals surface area contributed by atoms with Crippen molar-refractivity contribution in [2.24, 2.45) is 0 Å². The van der Waals surface area contributed by atoms with Crippen molar-refractivity contribution in [3.8, 4) is 0 Å². The Hall–Kier alpha value is -1.25. The van der Waals surface area contributed by atoms with Crippen LogP contribution in [0.2, 0.25) is 0 Å². The zero-order valence-electron chi connectivity index (χ0n) is 14.2. The molecule has 138 valence electrons. The molecule has 8 heteroatoms. The minimum atomic E-state index is -0.405. The molecule has 0 bridgehead atoms. The minimum Gasteiger partial charge on any atom is -0.353 e. The van der Waals surface area contributed by atoms with Gasteiger partial charge in [0.2, 0.25) is 5.91 Å². The molecule has 0 aliphatic heterocycles. The summed E-state index contributed by atoms with van der Waals surface area (Å²) in [5.74, 6) is 1.66. The first-order valence-corrected chi connectivity index (χ1v) is 10.6. The molecule has 0 unspecified atom stereocenters. The number of carbonyl (C=O) groups excluding carboxylic acids is 1. The summed E-state index contributed by atoms with van der Waals surface area (Å²) in [7, 11) is 0. The van der Waals surface area contributed by atoms with E-state index in [0.717, 1.165) is 29.4 Å². The van der Waals surface area contributed by atoms with Crippen molar-refractivity contribution in [2.75, 3.05) is 11.6 Å². The van der Waals surface area contributed by atoms with E-state index >= 15 is 0 Å². The van der Waals surface area contributed by atoms with Crippen molar-refractivity contribution < 1.29 is 9.72 Å². The van der Waals surface area contributed by atoms with Gasteiger partial charge in [0.25, 0.3) is 5.69 Å². The van der Waals surface area contributed by atoms with E-state index in [2.05, 4.69) is 10.0 Å². The first-order valence-electron chi connectivity index (χ1n) is 8.66. The Morgan fingerprint density at radius 1 is 1.16 bits per heavy atom. The van der Waals surface area contributed by atoms with Crippen LogP contribution in [0.15, 0.2) is 29.2 Å². The Morgan fingerprint density at radius 3 is 2.48 bits per heavy atom. The van der Waals surface area contributed by atoms with Gasteiger partial charge in [-0.2, -0.15) is 0 Å². The van der Waals surface area contributed by atoms with E-state index in [0.29, 0.717) is 12.5 Å². The van der Waals surface area contributed by atoms with Gasteiger partial charge in [-0.1, -0.05) is 25.7 Å². The van der Waals surface area contributed by atoms with Crippen LogP contribution in [0.25, 0.3) is 0 Å². The average molecular weight is 384 g/mol. The van der Waals surface area contributed by atoms with Gasteiger partial charge in [0.1, 0.15) is 0 Å². The number of carbonyl (C=O) groups is 1. The van der Waals surface area contributed by atoms with Crippen molar-refractivity contribution in [3.63, 3.8) is 0 Å². The van der Waals surface area contributed by atoms with Crippen LogP contribution in [0.5, 0.6) is 0 Å². The number of non-ortho nitro benzene ring substituents is 1. The number of nitro benzene ring substituents is 1. The largest absolute Gasteiger partial charge is 0.353 e. The Labute approximate surface area is 157 Å². The summed E-state index contributed by atoms with van der Waals surface area (Å²) in [6.45, 7) is 0. The SMILES string of the molecule is O=C(CCSCNSc1ccc([N+](=O)[O-])cc1)NC1CCCCCC1. The lowest BCUT2D eigenvalue weighted by atomic mass is 10.1. The highest BCUT2D eigenvalue weighted by molar-refractivity contribution is 8.01. The highest BCUT2D eigenvalue weighted by atomic mass is 32.2. The van der Waals surface area contributed by atoms with E-state index in [4.69, 9.17) is 0 Å². The second kappa shape index (κ2) is 11.4. The quantitative estimate of drug-likeness (QED) is 0.167. The van der Waals surface area contributed by atoms with Gasteiger partial charge in [-0.05, 0) is 36.9 Å². The zero-order chi connectivity index (χ0) is 17.9. The van der Waals surface area contributed by atoms with Crippen molar-refractivity contribution >= 4 is 35.3 Å². The van der Waals surface area contributed by atoms with Crippen LogP contribution in [0.1, 0.15) is 44.9 Å². The molecule has 1 fully saturated rings. The van der Waals surface area contributed by atoms with Crippen LogP contribution < -0.4 is 10.0 Å². The molecule has 1 saturated carbocycles. The standard InChI is InChI=1S/C17H25N3O3S2/c21-17(19-14-5-3-1-2-4-6-14)11-12-24-13-18-25-16-9-7-15(8-10-16)20(22)23/h7-10,14,18H,1-6,11-13H2,(H,19,21). The first-order chi connectivity index (χ1) is 12.1. The van der Waals surface area contributed by atoms with Crippen LogP contribution in [0, 0.1) is 10.1 Å². The lowest BCUT2D eigenvalue weighted by Gasteiger charge is -2.16. The molecule has 0 atom stereocenters. The molecule has 2 N–H and O–H groups in total. The van der Waals surface area contributed by atoms with Crippen molar-refractivity contribution in [1.82, 2.24) is 10.0 Å². The fraction of sp³-hybridized carbons (Fsp3) is 0.588. The van der Waals surface area contributed by atoms with Gasteiger partial charge >= 0.3 is 0 Å². The van der Waals surface area contributed by atoms with Crippen LogP contribution in [-0.4, -0.2) is 28.5 Å². The fourth-order valence-electron chi connectivity index (χ4n) is 2.75. The van der Waals surface area contributed by atoms with E-state index in [1.54, 1.807) is 23.9 Å². The van der Waals surface area contributed by atoms with Crippen molar-refractivity contribution in [2.45, 2.75) is 55.9 Å². The molecule has 1 aromatic carbocycles. The summed E-state index contributed by atoms with van der Waals surface area (Å²) in [6.07, 6.45) is 7.82. The molecule has 1 aliphatic carbocycles. The maximum absolute atomic E-state index is 12.0. The first kappa shape index (κ1) is 20.1. The number of rotatable bonds is 9. The lowest BCUT2D eigenvalue weighted by Crippen LogP contribution is -2.34. The predicted octanol–water partition coefficient (Wildman–Crippen LogP) is 4.11. The van der Waals surface area contributed by atoms with Gasteiger partial charge in [0.05, 0.1) is 10.8 Å². The Morgan fingerprint density at radius 2 is 1.84 bits per heavy atom. The van der Waals surface area contributed by atoms with E-state index in [-0.39, 0.29) is 11.6 Å². The fourth-order valence-corrected chi connectivity index (χ4v) is 4.23. The Balaban J connectivity index is 1.52. The maximum atomic E-state index is 12.0. The average Bonchev–Trinajstić information content (AvgIpc) is 2.87. The molecular formula is C17H25N3O3S2. The normalized spacial score (nSPS) is 15.5. The molecule has 1 amide bonds. The molecule has 25 heavy (non-hydrogen) atoms. The third-order valence-corrected chi connectivity index (χ3v) is 5.91. The Kier molecular flexibility index (Phi) is 9.14. The van der Waals surface area contributed by atoms with Gasteiger partial charge in [-0.3, -0.25) is 14.9 Å². The molecule has 0 aromatic heterocycles. The van der Waals surface area contributed by atoms with Gasteiger partial charge in [0.15, 0.2) is 0 Å². The van der Waals surface area contributed by atoms with Crippen LogP contribution in [0.3, 0.4) is 0 Å². The topological polar surface area (TPSA) is 84.3 Å². The molecule has 0 heterocycles. The number of nitrogens with zero attached hydrogens (tertiary/aromatic N) is 1. The summed E-state index contributed by atoms with van der Waals surface area (Å²) >= 11 is 3.11. The zero-order valence-corrected chi connectivity index (χ0v) is 15.9. The van der Waals surface area contributed by atoms with Crippen molar-refractivity contribution in [1.29, 1.82) is 0 Å². The summed E-state index contributed by atoms with van der Waals surface area (Å²) in [6, 6.07) is 6.81. The highest BCUT2D eigenvalue weighted by Crippen LogP contribution is 2.20. The third-order valence-electron chi connectivity index (χ3n) is 4.09. The smallest absolute Gasteiger partial charge is 0.269 e. The lowest BCUT2D eigenvalue weighted by molar-refractivity contribution is -0.384. The second-order valence-electron chi connectivity index (χ2n) is 6.06. The van der Waals surface area contributed by atoms with Crippen LogP contribution in [-0.2, 0) is 4.79 Å². The van der Waals surface area contributed by atoms with E-state index < -0.39 is 4.92 Å². The van der Waals surface area contributed by atoms with E-state index in [9.17, 15) is 14.9 Å². The van der Waals surface area contributed by atoms with Gasteiger partial charge in [-0.25, -0.2) is 4.72 Å². The molecule has 0 spiro atoms. The van der Waals surface area contributed by atoms with Crippen LogP contribution in [0.4, 0.5) is 5.69 Å². The number of amides is 1. The molecule has 1 aliphatic rings. The Bertz CT molecular complexity index is 547. The molecule has 1 aromatic rings. The molecule has 0 radical (unpaired) electrons. The number of nitro groups is 1. The molecular weight excluding hydrogens is 358 g/mol. The van der Waals surface area contributed by atoms with Crippen molar-refractivity contribution in [3.05, 3.63) is 34.4 Å². The van der Waals surface area contributed by atoms with E-state index in [1.165, 1.54) is 49.8 Å². The number of thioether (sulfide) groups is 1. The van der Waals surface area contributed by atoms with E-state index in [1.807, 2.05) is 0 Å². The molecule has 0 saturated heterocycles. The van der Waals surface area contributed by atoms with Gasteiger partial charge < -0.3 is 5.32 Å². The summed E-state index contributed by atoms with van der Waals surface area (Å²) in [5, 5.41) is 13.7. The number of hydrogen-bond acceptors (Lipinski definition) is 6. The number of nitrogens with one attached hydrogen (secondary N) is 2. The predicted molar refractivity (Wildman–Crippen MR) is 104 cm³/mol. The maximum Gasteiger partial charge on any atom is 0.269 e. The second-order valence-corrected chi connectivity index (χ2v) is 8.13.